The van der Waals surface area contributed by atoms with Gasteiger partial charge in [-0.05, 0) is 90.5 Å². The quantitative estimate of drug-likeness (QED) is 0.198. The van der Waals surface area contributed by atoms with Crippen LogP contribution >= 0.6 is 0 Å². The molecule has 2 heteroatoms. The number of hydrogen-bond donors (Lipinski definition) is 0. The van der Waals surface area contributed by atoms with Crippen LogP contribution in [0.15, 0.2) is 103 Å². The maximum atomic E-state index is 14.8. The van der Waals surface area contributed by atoms with Crippen molar-refractivity contribution in [1.29, 1.82) is 0 Å². The molecule has 0 heterocycles. The molecule has 0 nitrogen and oxygen atoms in total. The fourth-order valence-corrected chi connectivity index (χ4v) is 4.63. The second-order valence-corrected chi connectivity index (χ2v) is 9.56. The van der Waals surface area contributed by atoms with Crippen LogP contribution in [0.2, 0.25) is 0 Å². The van der Waals surface area contributed by atoms with Gasteiger partial charge in [-0.25, -0.2) is 8.78 Å². The van der Waals surface area contributed by atoms with Gasteiger partial charge in [-0.15, -0.1) is 0 Å². The van der Waals surface area contributed by atoms with Gasteiger partial charge >= 0.3 is 0 Å². The lowest BCUT2D eigenvalue weighted by atomic mass is 9.92. The standard InChI is InChI=1S/C34H34F2/c1-3-4-6-9-26-14-18-30(19-15-26)31-20-16-27(17-21-31)12-13-28-23-33(35)32(34(36)24-28)22-25(2)29-10-7-5-8-11-29/h3-5,7-8,10-11,14-21,23-25H,6,9,12-13,22H2,1-2H3/b4-3+/t25-/m1/s1. The minimum absolute atomic E-state index is 0.0500. The highest BCUT2D eigenvalue weighted by Gasteiger charge is 2.16. The lowest BCUT2D eigenvalue weighted by Crippen LogP contribution is -2.05. The highest BCUT2D eigenvalue weighted by Crippen LogP contribution is 2.26. The Morgan fingerprint density at radius 2 is 1.19 bits per heavy atom. The third kappa shape index (κ3) is 6.79. The first-order valence-corrected chi connectivity index (χ1v) is 12.8. The topological polar surface area (TPSA) is 0 Å². The highest BCUT2D eigenvalue weighted by atomic mass is 19.1. The zero-order valence-corrected chi connectivity index (χ0v) is 21.2. The smallest absolute Gasteiger partial charge is 0.129 e. The summed E-state index contributed by atoms with van der Waals surface area (Å²) in [6.45, 7) is 4.05. The Labute approximate surface area is 214 Å². The molecule has 4 rings (SSSR count). The Bertz CT molecular complexity index is 1250. The van der Waals surface area contributed by atoms with E-state index in [1.807, 2.05) is 44.2 Å². The van der Waals surface area contributed by atoms with Gasteiger partial charge in [0.15, 0.2) is 0 Å². The van der Waals surface area contributed by atoms with Gasteiger partial charge in [0.25, 0.3) is 0 Å². The maximum Gasteiger partial charge on any atom is 0.129 e. The molecule has 36 heavy (non-hydrogen) atoms. The summed E-state index contributed by atoms with van der Waals surface area (Å²) in [4.78, 5) is 0. The highest BCUT2D eigenvalue weighted by molar-refractivity contribution is 5.64. The van der Waals surface area contributed by atoms with E-state index in [2.05, 4.69) is 60.7 Å². The van der Waals surface area contributed by atoms with E-state index >= 15 is 0 Å². The molecule has 0 aliphatic heterocycles. The Kier molecular flexibility index (Phi) is 8.84. The third-order valence-electron chi connectivity index (χ3n) is 6.86. The number of aryl methyl sites for hydroxylation is 3. The molecule has 0 bridgehead atoms. The second kappa shape index (κ2) is 12.4. The van der Waals surface area contributed by atoms with E-state index in [-0.39, 0.29) is 11.5 Å². The minimum atomic E-state index is -0.447. The van der Waals surface area contributed by atoms with Crippen molar-refractivity contribution in [3.8, 4) is 11.1 Å². The summed E-state index contributed by atoms with van der Waals surface area (Å²) >= 11 is 0. The number of halogens is 2. The average molecular weight is 481 g/mol. The van der Waals surface area contributed by atoms with E-state index < -0.39 is 11.6 Å². The summed E-state index contributed by atoms with van der Waals surface area (Å²) in [6, 6.07) is 30.1. The zero-order valence-electron chi connectivity index (χ0n) is 21.2. The van der Waals surface area contributed by atoms with Gasteiger partial charge in [0.2, 0.25) is 0 Å². The first-order valence-electron chi connectivity index (χ1n) is 12.8. The Morgan fingerprint density at radius 1 is 0.667 bits per heavy atom. The molecule has 0 aliphatic carbocycles. The number of allylic oxidation sites excluding steroid dienone is 2. The summed E-state index contributed by atoms with van der Waals surface area (Å²) in [5, 5.41) is 0. The second-order valence-electron chi connectivity index (χ2n) is 9.56. The lowest BCUT2D eigenvalue weighted by Gasteiger charge is -2.14. The van der Waals surface area contributed by atoms with Crippen molar-refractivity contribution in [1.82, 2.24) is 0 Å². The summed E-state index contributed by atoms with van der Waals surface area (Å²) in [5.74, 6) is -0.844. The van der Waals surface area contributed by atoms with Crippen molar-refractivity contribution in [2.24, 2.45) is 0 Å². The van der Waals surface area contributed by atoms with Crippen molar-refractivity contribution in [3.05, 3.63) is 143 Å². The molecule has 0 N–H and O–H groups in total. The lowest BCUT2D eigenvalue weighted by molar-refractivity contribution is 0.540. The SMILES string of the molecule is C/C=C/CCc1ccc(-c2ccc(CCc3cc(F)c(C[C@@H](C)c4ccccc4)c(F)c3)cc2)cc1. The molecule has 0 radical (unpaired) electrons. The van der Waals surface area contributed by atoms with Crippen molar-refractivity contribution in [2.75, 3.05) is 0 Å². The van der Waals surface area contributed by atoms with Gasteiger partial charge in [0.1, 0.15) is 11.6 Å². The normalized spacial score (nSPS) is 12.2. The number of benzene rings is 4. The van der Waals surface area contributed by atoms with Crippen LogP contribution in [-0.2, 0) is 25.7 Å². The van der Waals surface area contributed by atoms with Crippen LogP contribution in [0.1, 0.15) is 54.0 Å². The van der Waals surface area contributed by atoms with E-state index in [1.165, 1.54) is 28.8 Å². The summed E-state index contributed by atoms with van der Waals surface area (Å²) in [5.41, 5.74) is 6.82. The molecule has 4 aromatic carbocycles. The van der Waals surface area contributed by atoms with Crippen LogP contribution in [0.3, 0.4) is 0 Å². The molecule has 0 unspecified atom stereocenters. The predicted octanol–water partition coefficient (Wildman–Crippen LogP) is 9.27. The third-order valence-corrected chi connectivity index (χ3v) is 6.86. The van der Waals surface area contributed by atoms with Crippen molar-refractivity contribution in [2.45, 2.75) is 51.9 Å². The first-order chi connectivity index (χ1) is 17.5. The van der Waals surface area contributed by atoms with Crippen LogP contribution in [0, 0.1) is 11.6 Å². The molecule has 0 saturated heterocycles. The summed E-state index contributed by atoms with van der Waals surface area (Å²) < 4.78 is 29.7. The molecular formula is C34H34F2. The molecule has 0 amide bonds. The molecule has 0 fully saturated rings. The van der Waals surface area contributed by atoms with Gasteiger partial charge in [-0.2, -0.15) is 0 Å². The van der Waals surface area contributed by atoms with Crippen LogP contribution < -0.4 is 0 Å². The van der Waals surface area contributed by atoms with Crippen molar-refractivity contribution < 1.29 is 8.78 Å². The fourth-order valence-electron chi connectivity index (χ4n) is 4.63. The average Bonchev–Trinajstić information content (AvgIpc) is 2.91. The van der Waals surface area contributed by atoms with Crippen molar-refractivity contribution in [3.63, 3.8) is 0 Å². The van der Waals surface area contributed by atoms with E-state index in [0.717, 1.165) is 30.4 Å². The van der Waals surface area contributed by atoms with Gasteiger partial charge < -0.3 is 0 Å². The van der Waals surface area contributed by atoms with Gasteiger partial charge in [0, 0.05) is 5.56 Å². The van der Waals surface area contributed by atoms with Gasteiger partial charge in [-0.1, -0.05) is 97.9 Å². The monoisotopic (exact) mass is 480 g/mol. The van der Waals surface area contributed by atoms with Crippen LogP contribution in [-0.4, -0.2) is 0 Å². The molecule has 0 aromatic heterocycles. The van der Waals surface area contributed by atoms with Gasteiger partial charge in [-0.3, -0.25) is 0 Å². The predicted molar refractivity (Wildman–Crippen MR) is 147 cm³/mol. The zero-order chi connectivity index (χ0) is 25.3. The molecule has 1 atom stereocenters. The Hall–Kier alpha value is -3.52. The Balaban J connectivity index is 1.36. The van der Waals surface area contributed by atoms with Crippen molar-refractivity contribution >= 4 is 0 Å². The fraction of sp³-hybridized carbons (Fsp3) is 0.235. The van der Waals surface area contributed by atoms with E-state index in [9.17, 15) is 8.78 Å². The van der Waals surface area contributed by atoms with Gasteiger partial charge in [0.05, 0.1) is 0 Å². The minimum Gasteiger partial charge on any atom is -0.207 e. The molecule has 0 spiro atoms. The van der Waals surface area contributed by atoms with Crippen LogP contribution in [0.25, 0.3) is 11.1 Å². The molecule has 0 aliphatic rings. The number of rotatable bonds is 10. The van der Waals surface area contributed by atoms with E-state index in [4.69, 9.17) is 0 Å². The molecular weight excluding hydrogens is 446 g/mol. The maximum absolute atomic E-state index is 14.8. The van der Waals surface area contributed by atoms with Crippen LogP contribution in [0.5, 0.6) is 0 Å². The summed E-state index contributed by atoms with van der Waals surface area (Å²) in [7, 11) is 0. The molecule has 0 saturated carbocycles. The summed E-state index contributed by atoms with van der Waals surface area (Å²) in [6.07, 6.45) is 8.08. The largest absolute Gasteiger partial charge is 0.207 e. The first kappa shape index (κ1) is 25.6. The Morgan fingerprint density at radius 3 is 1.75 bits per heavy atom. The van der Waals surface area contributed by atoms with E-state index in [0.29, 0.717) is 18.4 Å². The number of hydrogen-bond acceptors (Lipinski definition) is 0. The molecule has 184 valence electrons. The molecule has 4 aromatic rings. The van der Waals surface area contributed by atoms with Crippen LogP contribution in [0.4, 0.5) is 8.78 Å². The van der Waals surface area contributed by atoms with E-state index in [1.54, 1.807) is 0 Å².